The fourth-order valence-electron chi connectivity index (χ4n) is 2.99. The first-order chi connectivity index (χ1) is 9.54. The molecule has 3 unspecified atom stereocenters. The molecule has 0 amide bonds. The second-order valence-corrected chi connectivity index (χ2v) is 5.55. The van der Waals surface area contributed by atoms with Crippen LogP contribution in [0.2, 0.25) is 0 Å². The lowest BCUT2D eigenvalue weighted by Crippen LogP contribution is -2.47. The van der Waals surface area contributed by atoms with Crippen molar-refractivity contribution in [2.24, 2.45) is 0 Å². The summed E-state index contributed by atoms with van der Waals surface area (Å²) in [5, 5.41) is 3.47. The van der Waals surface area contributed by atoms with Crippen molar-refractivity contribution >= 4 is 0 Å². The Kier molecular flexibility index (Phi) is 7.20. The van der Waals surface area contributed by atoms with Gasteiger partial charge >= 0.3 is 0 Å². The third-order valence-corrected chi connectivity index (χ3v) is 4.09. The molecule has 1 N–H and O–H groups in total. The Morgan fingerprint density at radius 2 is 1.80 bits per heavy atom. The average molecular weight is 278 g/mol. The Morgan fingerprint density at radius 3 is 2.25 bits per heavy atom. The smallest absolute Gasteiger partial charge is 0.0615 e. The zero-order valence-corrected chi connectivity index (χ0v) is 13.8. The predicted octanol–water partition coefficient (Wildman–Crippen LogP) is 3.00. The van der Waals surface area contributed by atoms with Crippen LogP contribution in [-0.2, 0) is 4.74 Å². The van der Waals surface area contributed by atoms with Crippen LogP contribution in [0.1, 0.15) is 37.9 Å². The second kappa shape index (κ2) is 8.40. The highest BCUT2D eigenvalue weighted by Gasteiger charge is 2.26. The first-order valence-electron chi connectivity index (χ1n) is 7.53. The van der Waals surface area contributed by atoms with Crippen molar-refractivity contribution in [3.63, 3.8) is 0 Å². The van der Waals surface area contributed by atoms with E-state index in [1.165, 1.54) is 11.1 Å². The summed E-state index contributed by atoms with van der Waals surface area (Å²) in [4.78, 5) is 2.49. The normalized spacial score (nSPS) is 16.1. The molecule has 0 aliphatic carbocycles. The molecule has 20 heavy (non-hydrogen) atoms. The van der Waals surface area contributed by atoms with E-state index in [1.54, 1.807) is 7.11 Å². The van der Waals surface area contributed by atoms with Crippen molar-refractivity contribution in [2.75, 3.05) is 27.3 Å². The van der Waals surface area contributed by atoms with Crippen LogP contribution in [-0.4, -0.2) is 44.3 Å². The minimum Gasteiger partial charge on any atom is -0.383 e. The highest BCUT2D eigenvalue weighted by atomic mass is 16.5. The number of methoxy groups -OCH3 is 1. The summed E-state index contributed by atoms with van der Waals surface area (Å²) < 4.78 is 5.31. The van der Waals surface area contributed by atoms with E-state index in [-0.39, 0.29) is 0 Å². The fourth-order valence-corrected chi connectivity index (χ4v) is 2.99. The second-order valence-electron chi connectivity index (χ2n) is 5.55. The molecule has 0 bridgehead atoms. The van der Waals surface area contributed by atoms with E-state index in [2.05, 4.69) is 62.2 Å². The fraction of sp³-hybridized carbons (Fsp3) is 0.647. The summed E-state index contributed by atoms with van der Waals surface area (Å²) in [7, 11) is 3.81. The van der Waals surface area contributed by atoms with Gasteiger partial charge in [-0.2, -0.15) is 0 Å². The Balaban J connectivity index is 2.89. The molecule has 0 saturated heterocycles. The quantitative estimate of drug-likeness (QED) is 0.791. The largest absolute Gasteiger partial charge is 0.383 e. The molecule has 3 nitrogen and oxygen atoms in total. The minimum atomic E-state index is 0.329. The number of likely N-dealkylation sites (N-methyl/N-ethyl adjacent to an activating group) is 2. The zero-order chi connectivity index (χ0) is 15.1. The van der Waals surface area contributed by atoms with E-state index in [4.69, 9.17) is 4.74 Å². The Hall–Kier alpha value is -0.900. The lowest BCUT2D eigenvalue weighted by atomic mass is 9.97. The molecule has 0 aromatic heterocycles. The van der Waals surface area contributed by atoms with Crippen LogP contribution < -0.4 is 5.32 Å². The predicted molar refractivity (Wildman–Crippen MR) is 86.2 cm³/mol. The lowest BCUT2D eigenvalue weighted by Gasteiger charge is -2.38. The van der Waals surface area contributed by atoms with Crippen LogP contribution in [0.3, 0.4) is 0 Å². The summed E-state index contributed by atoms with van der Waals surface area (Å²) in [5.74, 6) is 0. The molecular formula is C17H30N2O. The van der Waals surface area contributed by atoms with Crippen molar-refractivity contribution in [3.8, 4) is 0 Å². The molecule has 0 aliphatic heterocycles. The molecule has 0 saturated carbocycles. The van der Waals surface area contributed by atoms with E-state index in [1.807, 2.05) is 7.05 Å². The van der Waals surface area contributed by atoms with Gasteiger partial charge in [0.25, 0.3) is 0 Å². The van der Waals surface area contributed by atoms with Crippen LogP contribution in [0.5, 0.6) is 0 Å². The molecule has 0 fully saturated rings. The van der Waals surface area contributed by atoms with Gasteiger partial charge in [-0.15, -0.1) is 0 Å². The molecule has 0 spiro atoms. The van der Waals surface area contributed by atoms with Gasteiger partial charge in [-0.3, -0.25) is 4.90 Å². The van der Waals surface area contributed by atoms with Crippen LogP contribution in [0.4, 0.5) is 0 Å². The van der Waals surface area contributed by atoms with Gasteiger partial charge in [-0.05, 0) is 39.9 Å². The summed E-state index contributed by atoms with van der Waals surface area (Å²) in [6.45, 7) is 10.6. The van der Waals surface area contributed by atoms with Gasteiger partial charge in [0, 0.05) is 25.2 Å². The number of rotatable bonds is 8. The van der Waals surface area contributed by atoms with Crippen LogP contribution in [0, 0.1) is 6.92 Å². The molecule has 1 aromatic carbocycles. The first kappa shape index (κ1) is 17.2. The number of ether oxygens (including phenoxy) is 1. The Bertz CT molecular complexity index is 377. The van der Waals surface area contributed by atoms with E-state index in [0.29, 0.717) is 18.1 Å². The van der Waals surface area contributed by atoms with Gasteiger partial charge < -0.3 is 10.1 Å². The lowest BCUT2D eigenvalue weighted by molar-refractivity contribution is 0.0659. The third kappa shape index (κ3) is 4.30. The molecule has 1 aromatic rings. The van der Waals surface area contributed by atoms with Gasteiger partial charge in [0.05, 0.1) is 6.61 Å². The number of benzene rings is 1. The number of hydrogen-bond acceptors (Lipinski definition) is 3. The van der Waals surface area contributed by atoms with E-state index < -0.39 is 0 Å². The van der Waals surface area contributed by atoms with Crippen molar-refractivity contribution < 1.29 is 4.74 Å². The molecule has 3 atom stereocenters. The monoisotopic (exact) mass is 278 g/mol. The number of nitrogens with zero attached hydrogens (tertiary/aromatic N) is 1. The topological polar surface area (TPSA) is 24.5 Å². The maximum Gasteiger partial charge on any atom is 0.0615 e. The van der Waals surface area contributed by atoms with Gasteiger partial charge in [-0.25, -0.2) is 0 Å². The van der Waals surface area contributed by atoms with E-state index in [9.17, 15) is 0 Å². The van der Waals surface area contributed by atoms with Gasteiger partial charge in [0.2, 0.25) is 0 Å². The Labute approximate surface area is 124 Å². The number of hydrogen-bond donors (Lipinski definition) is 1. The average Bonchev–Trinajstić information content (AvgIpc) is 2.43. The van der Waals surface area contributed by atoms with Crippen molar-refractivity contribution in [3.05, 3.63) is 35.4 Å². The first-order valence-corrected chi connectivity index (χ1v) is 7.53. The van der Waals surface area contributed by atoms with Gasteiger partial charge in [0.15, 0.2) is 0 Å². The van der Waals surface area contributed by atoms with Crippen molar-refractivity contribution in [1.29, 1.82) is 0 Å². The SMILES string of the molecule is CCN(C(C)COC)C(C)C(NC)c1ccc(C)cc1. The van der Waals surface area contributed by atoms with Gasteiger partial charge in [-0.1, -0.05) is 36.8 Å². The molecule has 0 aliphatic rings. The number of nitrogens with one attached hydrogen (secondary N) is 1. The summed E-state index contributed by atoms with van der Waals surface area (Å²) in [6.07, 6.45) is 0. The summed E-state index contributed by atoms with van der Waals surface area (Å²) in [5.41, 5.74) is 2.64. The van der Waals surface area contributed by atoms with Crippen molar-refractivity contribution in [1.82, 2.24) is 10.2 Å². The summed E-state index contributed by atoms with van der Waals surface area (Å²) >= 11 is 0. The maximum absolute atomic E-state index is 5.31. The highest BCUT2D eigenvalue weighted by Crippen LogP contribution is 2.22. The summed E-state index contributed by atoms with van der Waals surface area (Å²) in [6, 6.07) is 9.97. The minimum absolute atomic E-state index is 0.329. The van der Waals surface area contributed by atoms with Crippen molar-refractivity contribution in [2.45, 2.75) is 45.8 Å². The standard InChI is InChI=1S/C17H30N2O/c1-7-19(14(3)12-20-6)15(4)17(18-5)16-10-8-13(2)9-11-16/h8-11,14-15,17-18H,7,12H2,1-6H3. The van der Waals surface area contributed by atoms with E-state index in [0.717, 1.165) is 13.2 Å². The van der Waals surface area contributed by atoms with Crippen LogP contribution >= 0.6 is 0 Å². The molecule has 0 heterocycles. The van der Waals surface area contributed by atoms with Crippen LogP contribution in [0.15, 0.2) is 24.3 Å². The number of aryl methyl sites for hydroxylation is 1. The third-order valence-electron chi connectivity index (χ3n) is 4.09. The molecule has 0 radical (unpaired) electrons. The molecule has 1 rings (SSSR count). The van der Waals surface area contributed by atoms with Crippen LogP contribution in [0.25, 0.3) is 0 Å². The van der Waals surface area contributed by atoms with E-state index >= 15 is 0 Å². The zero-order valence-electron chi connectivity index (χ0n) is 13.8. The highest BCUT2D eigenvalue weighted by molar-refractivity contribution is 5.25. The molecule has 3 heteroatoms. The molecule has 114 valence electrons. The molecular weight excluding hydrogens is 248 g/mol. The van der Waals surface area contributed by atoms with Gasteiger partial charge in [0.1, 0.15) is 0 Å². The maximum atomic E-state index is 5.31. The Morgan fingerprint density at radius 1 is 1.20 bits per heavy atom.